The van der Waals surface area contributed by atoms with E-state index >= 15 is 0 Å². The predicted octanol–water partition coefficient (Wildman–Crippen LogP) is 1.16. The van der Waals surface area contributed by atoms with Crippen molar-refractivity contribution < 1.29 is 14.7 Å². The molecule has 1 unspecified atom stereocenters. The molecule has 1 saturated heterocycles. The summed E-state index contributed by atoms with van der Waals surface area (Å²) in [5.41, 5.74) is 0.980. The van der Waals surface area contributed by atoms with Crippen molar-refractivity contribution in [2.45, 2.75) is 19.4 Å². The molecule has 6 nitrogen and oxygen atoms in total. The number of aromatic nitrogens is 1. The van der Waals surface area contributed by atoms with E-state index in [1.54, 1.807) is 11.3 Å². The number of carboxylic acids is 1. The fourth-order valence-corrected chi connectivity index (χ4v) is 3.66. The van der Waals surface area contributed by atoms with Gasteiger partial charge in [-0.25, -0.2) is 14.6 Å². The molecular formula is C11H15N3O3S2. The first-order valence-electron chi connectivity index (χ1n) is 5.84. The Labute approximate surface area is 119 Å². The summed E-state index contributed by atoms with van der Waals surface area (Å²) in [6, 6.07) is -1.03. The van der Waals surface area contributed by atoms with Crippen LogP contribution in [0.2, 0.25) is 0 Å². The van der Waals surface area contributed by atoms with Crippen molar-refractivity contribution in [3.05, 3.63) is 16.1 Å². The molecule has 19 heavy (non-hydrogen) atoms. The number of aliphatic carboxylic acids is 1. The number of amides is 2. The lowest BCUT2D eigenvalue weighted by molar-refractivity contribution is -0.140. The van der Waals surface area contributed by atoms with Crippen LogP contribution in [0.25, 0.3) is 0 Å². The van der Waals surface area contributed by atoms with Gasteiger partial charge in [0.05, 0.1) is 10.9 Å². The fourth-order valence-electron chi connectivity index (χ4n) is 1.74. The molecular weight excluding hydrogens is 286 g/mol. The van der Waals surface area contributed by atoms with Gasteiger partial charge < -0.3 is 15.3 Å². The minimum absolute atomic E-state index is 0.314. The van der Waals surface area contributed by atoms with E-state index in [0.29, 0.717) is 24.6 Å². The zero-order chi connectivity index (χ0) is 13.8. The predicted molar refractivity (Wildman–Crippen MR) is 74.5 cm³/mol. The van der Waals surface area contributed by atoms with Gasteiger partial charge in [-0.1, -0.05) is 0 Å². The molecule has 1 fully saturated rings. The quantitative estimate of drug-likeness (QED) is 0.872. The van der Waals surface area contributed by atoms with Gasteiger partial charge in [-0.05, 0) is 6.92 Å². The molecule has 8 heteroatoms. The summed E-state index contributed by atoms with van der Waals surface area (Å²) in [5, 5.41) is 14.7. The number of thioether (sulfide) groups is 1. The highest BCUT2D eigenvalue weighted by Crippen LogP contribution is 2.20. The topological polar surface area (TPSA) is 82.5 Å². The van der Waals surface area contributed by atoms with Crippen LogP contribution in [0.3, 0.4) is 0 Å². The summed E-state index contributed by atoms with van der Waals surface area (Å²) in [6.45, 7) is 2.40. The summed E-state index contributed by atoms with van der Waals surface area (Å²) in [7, 11) is 0. The molecule has 0 spiro atoms. The van der Waals surface area contributed by atoms with Gasteiger partial charge in [0.15, 0.2) is 0 Å². The smallest absolute Gasteiger partial charge is 0.327 e. The van der Waals surface area contributed by atoms with E-state index in [-0.39, 0.29) is 6.03 Å². The number of hydrogen-bond donors (Lipinski definition) is 2. The number of aryl methyl sites for hydroxylation is 1. The van der Waals surface area contributed by atoms with Crippen molar-refractivity contribution in [2.24, 2.45) is 0 Å². The Bertz CT molecular complexity index is 478. The molecule has 1 aliphatic rings. The highest BCUT2D eigenvalue weighted by Gasteiger charge is 2.34. The third-order valence-corrected chi connectivity index (χ3v) is 4.75. The average molecular weight is 301 g/mol. The first-order chi connectivity index (χ1) is 9.08. The van der Waals surface area contributed by atoms with Crippen molar-refractivity contribution in [1.29, 1.82) is 0 Å². The van der Waals surface area contributed by atoms with Gasteiger partial charge >= 0.3 is 12.0 Å². The van der Waals surface area contributed by atoms with Crippen LogP contribution in [0.4, 0.5) is 4.79 Å². The van der Waals surface area contributed by atoms with Crippen molar-refractivity contribution in [2.75, 3.05) is 18.2 Å². The van der Waals surface area contributed by atoms with Gasteiger partial charge in [0.25, 0.3) is 0 Å². The van der Waals surface area contributed by atoms with E-state index < -0.39 is 12.0 Å². The molecule has 0 saturated carbocycles. The average Bonchev–Trinajstić information content (AvgIpc) is 2.97. The maximum Gasteiger partial charge on any atom is 0.327 e. The van der Waals surface area contributed by atoms with E-state index in [2.05, 4.69) is 10.3 Å². The SMILES string of the molecule is Cc1csc(CCNC(=O)N2CSCC2C(=O)O)n1. The lowest BCUT2D eigenvalue weighted by Gasteiger charge is -2.20. The van der Waals surface area contributed by atoms with Gasteiger partial charge in [-0.3, -0.25) is 0 Å². The number of hydrogen-bond acceptors (Lipinski definition) is 5. The molecule has 1 aromatic heterocycles. The van der Waals surface area contributed by atoms with Gasteiger partial charge in [0.1, 0.15) is 6.04 Å². The first kappa shape index (κ1) is 14.1. The number of thiazole rings is 1. The van der Waals surface area contributed by atoms with Gasteiger partial charge in [-0.15, -0.1) is 23.1 Å². The Morgan fingerprint density at radius 3 is 3.05 bits per heavy atom. The summed E-state index contributed by atoms with van der Waals surface area (Å²) in [4.78, 5) is 28.5. The van der Waals surface area contributed by atoms with Crippen molar-refractivity contribution in [1.82, 2.24) is 15.2 Å². The summed E-state index contributed by atoms with van der Waals surface area (Å²) < 4.78 is 0. The molecule has 2 heterocycles. The third kappa shape index (κ3) is 3.60. The lowest BCUT2D eigenvalue weighted by Crippen LogP contribution is -2.47. The zero-order valence-electron chi connectivity index (χ0n) is 10.5. The molecule has 2 rings (SSSR count). The first-order valence-corrected chi connectivity index (χ1v) is 7.87. The van der Waals surface area contributed by atoms with Crippen LogP contribution in [0.1, 0.15) is 10.7 Å². The minimum atomic E-state index is -0.948. The maximum absolute atomic E-state index is 11.9. The monoisotopic (exact) mass is 301 g/mol. The molecule has 1 atom stereocenters. The Hall–Kier alpha value is -1.28. The van der Waals surface area contributed by atoms with Crippen LogP contribution >= 0.6 is 23.1 Å². The number of nitrogens with one attached hydrogen (secondary N) is 1. The molecule has 1 aromatic rings. The third-order valence-electron chi connectivity index (χ3n) is 2.71. The highest BCUT2D eigenvalue weighted by molar-refractivity contribution is 7.99. The number of nitrogens with zero attached hydrogens (tertiary/aromatic N) is 2. The van der Waals surface area contributed by atoms with Crippen LogP contribution in [0, 0.1) is 6.92 Å². The minimum Gasteiger partial charge on any atom is -0.480 e. The molecule has 0 aromatic carbocycles. The second-order valence-corrected chi connectivity index (χ2v) is 6.13. The van der Waals surface area contributed by atoms with Crippen LogP contribution in [-0.4, -0.2) is 51.2 Å². The molecule has 0 bridgehead atoms. The Balaban J connectivity index is 1.79. The van der Waals surface area contributed by atoms with E-state index in [1.165, 1.54) is 16.7 Å². The Morgan fingerprint density at radius 1 is 1.63 bits per heavy atom. The highest BCUT2D eigenvalue weighted by atomic mass is 32.2. The molecule has 0 aliphatic carbocycles. The number of carboxylic acid groups (broad SMARTS) is 1. The van der Waals surface area contributed by atoms with Crippen molar-refractivity contribution in [3.8, 4) is 0 Å². The number of rotatable bonds is 4. The zero-order valence-corrected chi connectivity index (χ0v) is 12.1. The molecule has 1 aliphatic heterocycles. The standard InChI is InChI=1S/C11H15N3O3S2/c1-7-4-19-9(13-7)2-3-12-11(17)14-6-18-5-8(14)10(15)16/h4,8H,2-3,5-6H2,1H3,(H,12,17)(H,15,16). The van der Waals surface area contributed by atoms with Gasteiger partial charge in [0, 0.05) is 29.8 Å². The Morgan fingerprint density at radius 2 is 2.42 bits per heavy atom. The van der Waals surface area contributed by atoms with Crippen LogP contribution in [0.15, 0.2) is 5.38 Å². The van der Waals surface area contributed by atoms with E-state index in [0.717, 1.165) is 10.7 Å². The Kier molecular flexibility index (Phi) is 4.65. The molecule has 2 amide bonds. The number of urea groups is 1. The van der Waals surface area contributed by atoms with E-state index in [4.69, 9.17) is 5.11 Å². The second-order valence-electron chi connectivity index (χ2n) is 4.19. The van der Waals surface area contributed by atoms with Crippen LogP contribution in [-0.2, 0) is 11.2 Å². The van der Waals surface area contributed by atoms with E-state index in [1.807, 2.05) is 12.3 Å². The fraction of sp³-hybridized carbons (Fsp3) is 0.545. The number of carbonyl (C=O) groups is 2. The van der Waals surface area contributed by atoms with Gasteiger partial charge in [0.2, 0.25) is 0 Å². The summed E-state index contributed by atoms with van der Waals surface area (Å²) in [5.74, 6) is -0.0659. The van der Waals surface area contributed by atoms with Crippen LogP contribution < -0.4 is 5.32 Å². The van der Waals surface area contributed by atoms with E-state index in [9.17, 15) is 9.59 Å². The second kappa shape index (κ2) is 6.25. The largest absolute Gasteiger partial charge is 0.480 e. The lowest BCUT2D eigenvalue weighted by atomic mass is 10.3. The van der Waals surface area contributed by atoms with Crippen LogP contribution in [0.5, 0.6) is 0 Å². The molecule has 0 radical (unpaired) electrons. The summed E-state index contributed by atoms with van der Waals surface area (Å²) in [6.07, 6.45) is 0.670. The van der Waals surface area contributed by atoms with Crippen molar-refractivity contribution in [3.63, 3.8) is 0 Å². The van der Waals surface area contributed by atoms with Gasteiger partial charge in [-0.2, -0.15) is 0 Å². The molecule has 104 valence electrons. The van der Waals surface area contributed by atoms with Crippen molar-refractivity contribution >= 4 is 35.1 Å². The normalized spacial score (nSPS) is 18.6. The summed E-state index contributed by atoms with van der Waals surface area (Å²) >= 11 is 3.02. The molecule has 2 N–H and O–H groups in total. The maximum atomic E-state index is 11.9. The number of carbonyl (C=O) groups excluding carboxylic acids is 1.